The Labute approximate surface area is 142 Å². The molecular formula is C18H23N3O3. The van der Waals surface area contributed by atoms with Crippen molar-refractivity contribution in [2.45, 2.75) is 39.2 Å². The van der Waals surface area contributed by atoms with E-state index in [9.17, 15) is 10.1 Å². The Kier molecular flexibility index (Phi) is 6.36. The van der Waals surface area contributed by atoms with E-state index in [1.54, 1.807) is 4.90 Å². The molecule has 1 aromatic carbocycles. The Balaban J connectivity index is 1.95. The number of nitrogens with zero attached hydrogens (tertiary/aromatic N) is 2. The van der Waals surface area contributed by atoms with Crippen molar-refractivity contribution in [3.05, 3.63) is 47.2 Å². The van der Waals surface area contributed by atoms with Gasteiger partial charge in [0, 0.05) is 25.8 Å². The number of morpholine rings is 1. The largest absolute Gasteiger partial charge is 0.392 e. The number of aliphatic hydroxyl groups excluding tert-OH is 1. The summed E-state index contributed by atoms with van der Waals surface area (Å²) in [7, 11) is 0. The zero-order valence-electron chi connectivity index (χ0n) is 14.0. The molecule has 2 unspecified atom stereocenters. The fourth-order valence-electron chi connectivity index (χ4n) is 2.69. The van der Waals surface area contributed by atoms with Gasteiger partial charge in [-0.05, 0) is 25.0 Å². The molecule has 1 aromatic rings. The molecule has 0 radical (unpaired) electrons. The molecule has 0 saturated carbocycles. The van der Waals surface area contributed by atoms with E-state index in [1.165, 1.54) is 6.20 Å². The lowest BCUT2D eigenvalue weighted by Gasteiger charge is -2.35. The van der Waals surface area contributed by atoms with Gasteiger partial charge in [-0.3, -0.25) is 4.79 Å². The Morgan fingerprint density at radius 2 is 1.92 bits per heavy atom. The average Bonchev–Trinajstić information content (AvgIpc) is 2.58. The highest BCUT2D eigenvalue weighted by atomic mass is 16.5. The highest BCUT2D eigenvalue weighted by Gasteiger charge is 2.27. The van der Waals surface area contributed by atoms with E-state index in [0.717, 1.165) is 11.1 Å². The van der Waals surface area contributed by atoms with Crippen molar-refractivity contribution < 1.29 is 14.6 Å². The maximum Gasteiger partial charge on any atom is 0.266 e. The molecule has 0 bridgehead atoms. The van der Waals surface area contributed by atoms with Crippen LogP contribution in [0.15, 0.2) is 36.0 Å². The van der Waals surface area contributed by atoms with Crippen LogP contribution in [0.2, 0.25) is 0 Å². The fourth-order valence-corrected chi connectivity index (χ4v) is 2.69. The summed E-state index contributed by atoms with van der Waals surface area (Å²) in [5, 5.41) is 21.3. The molecule has 1 aliphatic rings. The minimum absolute atomic E-state index is 0.0110. The van der Waals surface area contributed by atoms with Gasteiger partial charge in [0.1, 0.15) is 11.6 Å². The summed E-state index contributed by atoms with van der Waals surface area (Å²) in [6.45, 7) is 5.33. The van der Waals surface area contributed by atoms with E-state index >= 15 is 0 Å². The molecule has 2 atom stereocenters. The highest BCUT2D eigenvalue weighted by molar-refractivity contribution is 5.97. The quantitative estimate of drug-likeness (QED) is 0.628. The molecule has 0 aromatic heterocycles. The lowest BCUT2D eigenvalue weighted by Crippen LogP contribution is -2.48. The summed E-state index contributed by atoms with van der Waals surface area (Å²) in [4.78, 5) is 14.1. The lowest BCUT2D eigenvalue weighted by atomic mass is 10.1. The zero-order chi connectivity index (χ0) is 17.5. The van der Waals surface area contributed by atoms with Gasteiger partial charge in [0.2, 0.25) is 0 Å². The van der Waals surface area contributed by atoms with Gasteiger partial charge in [0.15, 0.2) is 0 Å². The number of hydrogen-bond donors (Lipinski definition) is 2. The number of nitrogens with one attached hydrogen (secondary N) is 1. The maximum absolute atomic E-state index is 12.5. The van der Waals surface area contributed by atoms with E-state index in [4.69, 9.17) is 9.84 Å². The summed E-state index contributed by atoms with van der Waals surface area (Å²) in [6, 6.07) is 9.44. The van der Waals surface area contributed by atoms with Crippen LogP contribution >= 0.6 is 0 Å². The van der Waals surface area contributed by atoms with Gasteiger partial charge in [0.25, 0.3) is 5.91 Å². The number of carbonyl (C=O) groups excluding carboxylic acids is 1. The number of amides is 1. The third-order valence-corrected chi connectivity index (χ3v) is 3.82. The van der Waals surface area contributed by atoms with Crippen molar-refractivity contribution >= 4 is 5.91 Å². The number of nitriles is 1. The maximum atomic E-state index is 12.5. The number of hydrogen-bond acceptors (Lipinski definition) is 5. The molecule has 128 valence electrons. The number of rotatable bonds is 5. The summed E-state index contributed by atoms with van der Waals surface area (Å²) in [5.74, 6) is -0.275. The Bertz CT molecular complexity index is 624. The van der Waals surface area contributed by atoms with Crippen LogP contribution in [-0.2, 0) is 22.7 Å². The van der Waals surface area contributed by atoms with E-state index in [2.05, 4.69) is 5.32 Å². The van der Waals surface area contributed by atoms with Crippen molar-refractivity contribution in [3.63, 3.8) is 0 Å². The zero-order valence-corrected chi connectivity index (χ0v) is 14.0. The van der Waals surface area contributed by atoms with E-state index in [1.807, 2.05) is 44.2 Å². The number of aliphatic hydroxyl groups is 1. The molecule has 2 N–H and O–H groups in total. The van der Waals surface area contributed by atoms with Crippen molar-refractivity contribution in [2.75, 3.05) is 13.1 Å². The standard InChI is InChI=1S/C18H23N3O3/c1-13-10-21(11-14(2)24-13)18(23)17(7-19)9-20-8-15-3-5-16(12-22)6-4-15/h3-6,9,13-14,20,22H,8,10-12H2,1-2H3/b17-9-. The molecule has 0 aliphatic carbocycles. The second-order valence-corrected chi connectivity index (χ2v) is 5.99. The molecule has 1 aliphatic heterocycles. The highest BCUT2D eigenvalue weighted by Crippen LogP contribution is 2.13. The Morgan fingerprint density at radius 1 is 1.33 bits per heavy atom. The van der Waals surface area contributed by atoms with Gasteiger partial charge in [-0.1, -0.05) is 24.3 Å². The topological polar surface area (TPSA) is 85.6 Å². The summed E-state index contributed by atoms with van der Waals surface area (Å²) in [5.41, 5.74) is 1.93. The van der Waals surface area contributed by atoms with E-state index in [-0.39, 0.29) is 30.3 Å². The van der Waals surface area contributed by atoms with Gasteiger partial charge in [0.05, 0.1) is 18.8 Å². The predicted molar refractivity (Wildman–Crippen MR) is 89.5 cm³/mol. The summed E-state index contributed by atoms with van der Waals surface area (Å²) in [6.07, 6.45) is 1.40. The molecule has 1 amide bonds. The normalized spacial score (nSPS) is 21.2. The Morgan fingerprint density at radius 3 is 2.46 bits per heavy atom. The van der Waals surface area contributed by atoms with Crippen LogP contribution in [0, 0.1) is 11.3 Å². The van der Waals surface area contributed by atoms with Gasteiger partial charge < -0.3 is 20.1 Å². The van der Waals surface area contributed by atoms with Crippen LogP contribution in [0.4, 0.5) is 0 Å². The summed E-state index contributed by atoms with van der Waals surface area (Å²) < 4.78 is 5.61. The van der Waals surface area contributed by atoms with Crippen LogP contribution in [0.3, 0.4) is 0 Å². The first-order valence-corrected chi connectivity index (χ1v) is 8.00. The second kappa shape index (κ2) is 8.48. The molecule has 6 heteroatoms. The fraction of sp³-hybridized carbons (Fsp3) is 0.444. The monoisotopic (exact) mass is 329 g/mol. The molecule has 2 rings (SSSR count). The van der Waals surface area contributed by atoms with Crippen molar-refractivity contribution in [3.8, 4) is 6.07 Å². The van der Waals surface area contributed by atoms with Crippen molar-refractivity contribution in [2.24, 2.45) is 0 Å². The first-order valence-electron chi connectivity index (χ1n) is 8.00. The van der Waals surface area contributed by atoms with Crippen LogP contribution in [0.1, 0.15) is 25.0 Å². The molecule has 1 saturated heterocycles. The third-order valence-electron chi connectivity index (χ3n) is 3.82. The van der Waals surface area contributed by atoms with Gasteiger partial charge in [-0.15, -0.1) is 0 Å². The lowest BCUT2D eigenvalue weighted by molar-refractivity contribution is -0.138. The van der Waals surface area contributed by atoms with Crippen LogP contribution in [0.25, 0.3) is 0 Å². The number of carbonyl (C=O) groups is 1. The predicted octanol–water partition coefficient (Wildman–Crippen LogP) is 1.31. The van der Waals surface area contributed by atoms with E-state index in [0.29, 0.717) is 19.6 Å². The SMILES string of the molecule is CC1CN(C(=O)/C(C#N)=C\NCc2ccc(CO)cc2)CC(C)O1. The first kappa shape index (κ1) is 18.0. The van der Waals surface area contributed by atoms with Gasteiger partial charge in [-0.2, -0.15) is 5.26 Å². The molecule has 1 fully saturated rings. The van der Waals surface area contributed by atoms with E-state index < -0.39 is 0 Å². The third kappa shape index (κ3) is 4.82. The van der Waals surface area contributed by atoms with Gasteiger partial charge in [-0.25, -0.2) is 0 Å². The second-order valence-electron chi connectivity index (χ2n) is 5.99. The van der Waals surface area contributed by atoms with Crippen LogP contribution in [-0.4, -0.2) is 41.2 Å². The minimum atomic E-state index is -0.275. The Hall–Kier alpha value is -2.36. The molecule has 1 heterocycles. The molecule has 0 spiro atoms. The van der Waals surface area contributed by atoms with Crippen LogP contribution < -0.4 is 5.32 Å². The summed E-state index contributed by atoms with van der Waals surface area (Å²) >= 11 is 0. The van der Waals surface area contributed by atoms with Crippen LogP contribution in [0.5, 0.6) is 0 Å². The molecule has 24 heavy (non-hydrogen) atoms. The molecular weight excluding hydrogens is 306 g/mol. The average molecular weight is 329 g/mol. The molecule has 6 nitrogen and oxygen atoms in total. The number of benzene rings is 1. The number of ether oxygens (including phenoxy) is 1. The van der Waals surface area contributed by atoms with Crippen molar-refractivity contribution in [1.82, 2.24) is 10.2 Å². The smallest absolute Gasteiger partial charge is 0.266 e. The first-order chi connectivity index (χ1) is 11.5. The van der Waals surface area contributed by atoms with Crippen molar-refractivity contribution in [1.29, 1.82) is 5.26 Å². The van der Waals surface area contributed by atoms with Gasteiger partial charge >= 0.3 is 0 Å². The minimum Gasteiger partial charge on any atom is -0.392 e.